The molecule has 2 N–H and O–H groups in total. The second-order valence-electron chi connectivity index (χ2n) is 4.76. The smallest absolute Gasteiger partial charge is 0.0670 e. The number of hydrogen-bond acceptors (Lipinski definition) is 3. The molecule has 0 bridgehead atoms. The molecule has 1 fully saturated rings. The van der Waals surface area contributed by atoms with E-state index in [1.807, 2.05) is 6.20 Å². The van der Waals surface area contributed by atoms with Crippen molar-refractivity contribution in [2.45, 2.75) is 19.4 Å². The number of fused-ring (bicyclic) bond motifs is 1. The number of aromatic amines is 1. The van der Waals surface area contributed by atoms with Gasteiger partial charge in [0.2, 0.25) is 0 Å². The van der Waals surface area contributed by atoms with Crippen LogP contribution in [-0.4, -0.2) is 29.5 Å². The van der Waals surface area contributed by atoms with Gasteiger partial charge in [-0.1, -0.05) is 6.92 Å². The van der Waals surface area contributed by atoms with Gasteiger partial charge >= 0.3 is 0 Å². The fourth-order valence-corrected chi connectivity index (χ4v) is 2.34. The van der Waals surface area contributed by atoms with E-state index in [0.29, 0.717) is 12.0 Å². The summed E-state index contributed by atoms with van der Waals surface area (Å²) in [6.45, 7) is 3.93. The molecule has 2 heterocycles. The van der Waals surface area contributed by atoms with Crippen LogP contribution in [-0.2, 0) is 4.74 Å². The number of nitrogens with zero attached hydrogens (tertiary/aromatic N) is 1. The molecule has 17 heavy (non-hydrogen) atoms. The van der Waals surface area contributed by atoms with Gasteiger partial charge in [-0.05, 0) is 30.5 Å². The summed E-state index contributed by atoms with van der Waals surface area (Å²) in [6.07, 6.45) is 2.92. The van der Waals surface area contributed by atoms with Gasteiger partial charge in [0.15, 0.2) is 0 Å². The SMILES string of the molecule is CC1COCCC1Nc1ccc2cn[nH]c2c1. The van der Waals surface area contributed by atoms with Crippen LogP contribution in [0.2, 0.25) is 0 Å². The first-order valence-corrected chi connectivity index (χ1v) is 6.10. The molecule has 1 aliphatic heterocycles. The Kier molecular flexibility index (Phi) is 2.73. The lowest BCUT2D eigenvalue weighted by Gasteiger charge is -2.30. The Balaban J connectivity index is 1.79. The predicted molar refractivity (Wildman–Crippen MR) is 68.1 cm³/mol. The van der Waals surface area contributed by atoms with Crippen LogP contribution in [0.4, 0.5) is 5.69 Å². The number of hydrogen-bond donors (Lipinski definition) is 2. The van der Waals surface area contributed by atoms with Crippen molar-refractivity contribution in [3.63, 3.8) is 0 Å². The highest BCUT2D eigenvalue weighted by Crippen LogP contribution is 2.22. The van der Waals surface area contributed by atoms with Gasteiger partial charge in [-0.25, -0.2) is 0 Å². The maximum absolute atomic E-state index is 5.45. The minimum Gasteiger partial charge on any atom is -0.382 e. The summed E-state index contributed by atoms with van der Waals surface area (Å²) < 4.78 is 5.45. The predicted octanol–water partition coefficient (Wildman–Crippen LogP) is 2.40. The second kappa shape index (κ2) is 4.37. The first kappa shape index (κ1) is 10.6. The summed E-state index contributed by atoms with van der Waals surface area (Å²) in [5.41, 5.74) is 2.23. The Morgan fingerprint density at radius 2 is 2.41 bits per heavy atom. The van der Waals surface area contributed by atoms with Gasteiger partial charge < -0.3 is 10.1 Å². The van der Waals surface area contributed by atoms with E-state index in [2.05, 4.69) is 40.6 Å². The summed E-state index contributed by atoms with van der Waals surface area (Å²) in [4.78, 5) is 0. The first-order valence-electron chi connectivity index (χ1n) is 6.10. The van der Waals surface area contributed by atoms with Crippen LogP contribution in [0.1, 0.15) is 13.3 Å². The maximum atomic E-state index is 5.45. The number of nitrogens with one attached hydrogen (secondary N) is 2. The topological polar surface area (TPSA) is 49.9 Å². The molecule has 4 nitrogen and oxygen atoms in total. The summed E-state index contributed by atoms with van der Waals surface area (Å²) >= 11 is 0. The average Bonchev–Trinajstić information content (AvgIpc) is 2.79. The lowest BCUT2D eigenvalue weighted by atomic mass is 9.97. The summed E-state index contributed by atoms with van der Waals surface area (Å²) in [5, 5.41) is 11.8. The van der Waals surface area contributed by atoms with E-state index in [-0.39, 0.29) is 0 Å². The summed E-state index contributed by atoms with van der Waals surface area (Å²) in [6, 6.07) is 6.82. The van der Waals surface area contributed by atoms with Crippen molar-refractivity contribution in [2.24, 2.45) is 5.92 Å². The van der Waals surface area contributed by atoms with Crippen molar-refractivity contribution in [1.82, 2.24) is 10.2 Å². The third-order valence-electron chi connectivity index (χ3n) is 3.43. The molecule has 90 valence electrons. The molecule has 0 radical (unpaired) electrons. The number of aromatic nitrogens is 2. The van der Waals surface area contributed by atoms with Gasteiger partial charge in [0.1, 0.15) is 0 Å². The van der Waals surface area contributed by atoms with Crippen molar-refractivity contribution in [2.75, 3.05) is 18.5 Å². The van der Waals surface area contributed by atoms with Crippen LogP contribution in [0.5, 0.6) is 0 Å². The molecule has 2 unspecified atom stereocenters. The quantitative estimate of drug-likeness (QED) is 0.834. The highest BCUT2D eigenvalue weighted by Gasteiger charge is 2.21. The molecule has 0 spiro atoms. The minimum absolute atomic E-state index is 0.504. The molecule has 0 aliphatic carbocycles. The fraction of sp³-hybridized carbons (Fsp3) is 0.462. The van der Waals surface area contributed by atoms with Gasteiger partial charge in [-0.3, -0.25) is 5.10 Å². The number of ether oxygens (including phenoxy) is 1. The number of H-pyrrole nitrogens is 1. The fourth-order valence-electron chi connectivity index (χ4n) is 2.34. The van der Waals surface area contributed by atoms with E-state index < -0.39 is 0 Å². The van der Waals surface area contributed by atoms with Crippen molar-refractivity contribution in [3.05, 3.63) is 24.4 Å². The highest BCUT2D eigenvalue weighted by molar-refractivity contribution is 5.81. The first-order chi connectivity index (χ1) is 8.33. The molecule has 4 heteroatoms. The molecule has 0 saturated carbocycles. The van der Waals surface area contributed by atoms with E-state index in [1.165, 1.54) is 0 Å². The molecule has 1 aliphatic rings. The minimum atomic E-state index is 0.504. The van der Waals surface area contributed by atoms with Crippen molar-refractivity contribution in [1.29, 1.82) is 0 Å². The molecular weight excluding hydrogens is 214 g/mol. The molecule has 2 atom stereocenters. The third-order valence-corrected chi connectivity index (χ3v) is 3.43. The molecular formula is C13H17N3O. The zero-order valence-corrected chi connectivity index (χ0v) is 9.94. The Hall–Kier alpha value is -1.55. The van der Waals surface area contributed by atoms with Gasteiger partial charge in [0.05, 0.1) is 18.3 Å². The lowest BCUT2D eigenvalue weighted by molar-refractivity contribution is 0.0538. The summed E-state index contributed by atoms with van der Waals surface area (Å²) in [7, 11) is 0. The summed E-state index contributed by atoms with van der Waals surface area (Å²) in [5.74, 6) is 0.557. The number of rotatable bonds is 2. The Labute approximate surface area is 100 Å². The van der Waals surface area contributed by atoms with Gasteiger partial charge in [-0.15, -0.1) is 0 Å². The van der Waals surface area contributed by atoms with Crippen LogP contribution in [0.3, 0.4) is 0 Å². The van der Waals surface area contributed by atoms with Gasteiger partial charge in [-0.2, -0.15) is 5.10 Å². The molecule has 3 rings (SSSR count). The monoisotopic (exact) mass is 231 g/mol. The van der Waals surface area contributed by atoms with Crippen LogP contribution in [0.15, 0.2) is 24.4 Å². The lowest BCUT2D eigenvalue weighted by Crippen LogP contribution is -2.35. The largest absolute Gasteiger partial charge is 0.382 e. The third kappa shape index (κ3) is 2.13. The van der Waals surface area contributed by atoms with Crippen molar-refractivity contribution >= 4 is 16.6 Å². The van der Waals surface area contributed by atoms with Crippen LogP contribution in [0, 0.1) is 5.92 Å². The van der Waals surface area contributed by atoms with Crippen molar-refractivity contribution < 1.29 is 4.74 Å². The molecule has 0 amide bonds. The van der Waals surface area contributed by atoms with E-state index in [1.54, 1.807) is 0 Å². The zero-order valence-electron chi connectivity index (χ0n) is 9.94. The van der Waals surface area contributed by atoms with Crippen LogP contribution in [0.25, 0.3) is 10.9 Å². The van der Waals surface area contributed by atoms with E-state index in [0.717, 1.165) is 36.2 Å². The van der Waals surface area contributed by atoms with E-state index in [9.17, 15) is 0 Å². The number of benzene rings is 1. The Morgan fingerprint density at radius 3 is 3.29 bits per heavy atom. The number of anilines is 1. The standard InChI is InChI=1S/C13H17N3O/c1-9-8-17-5-4-12(9)15-11-3-2-10-7-14-16-13(10)6-11/h2-3,6-7,9,12,15H,4-5,8H2,1H3,(H,14,16). The van der Waals surface area contributed by atoms with Gasteiger partial charge in [0, 0.05) is 23.7 Å². The van der Waals surface area contributed by atoms with E-state index >= 15 is 0 Å². The molecule has 1 saturated heterocycles. The normalized spacial score (nSPS) is 25.0. The van der Waals surface area contributed by atoms with Crippen LogP contribution < -0.4 is 5.32 Å². The van der Waals surface area contributed by atoms with Crippen LogP contribution >= 0.6 is 0 Å². The van der Waals surface area contributed by atoms with E-state index in [4.69, 9.17) is 4.74 Å². The molecule has 2 aromatic rings. The Morgan fingerprint density at radius 1 is 1.47 bits per heavy atom. The average molecular weight is 231 g/mol. The molecule has 1 aromatic carbocycles. The maximum Gasteiger partial charge on any atom is 0.0670 e. The second-order valence-corrected chi connectivity index (χ2v) is 4.76. The Bertz CT molecular complexity index is 508. The highest BCUT2D eigenvalue weighted by atomic mass is 16.5. The van der Waals surface area contributed by atoms with Crippen molar-refractivity contribution in [3.8, 4) is 0 Å². The van der Waals surface area contributed by atoms with Gasteiger partial charge in [0.25, 0.3) is 0 Å². The zero-order chi connectivity index (χ0) is 11.7. The molecule has 1 aromatic heterocycles.